The fourth-order valence-electron chi connectivity index (χ4n) is 5.63. The summed E-state index contributed by atoms with van der Waals surface area (Å²) in [5, 5.41) is 8.95. The van der Waals surface area contributed by atoms with Crippen molar-refractivity contribution in [3.8, 4) is 0 Å². The summed E-state index contributed by atoms with van der Waals surface area (Å²) in [7, 11) is 0. The SMILES string of the molecule is CC(C)NC(=O)Nc1ccc(N2CCCN(C(=O)NC3CCCCC3)CC2)c(C(=O)N2CCCCC2)c1. The highest BCUT2D eigenvalue weighted by Crippen LogP contribution is 2.28. The predicted molar refractivity (Wildman–Crippen MR) is 147 cm³/mol. The van der Waals surface area contributed by atoms with Crippen LogP contribution in [0.1, 0.15) is 82.0 Å². The van der Waals surface area contributed by atoms with Crippen molar-refractivity contribution in [2.75, 3.05) is 49.5 Å². The number of anilines is 2. The largest absolute Gasteiger partial charge is 0.369 e. The van der Waals surface area contributed by atoms with Crippen molar-refractivity contribution in [1.29, 1.82) is 0 Å². The van der Waals surface area contributed by atoms with Crippen LogP contribution in [0.3, 0.4) is 0 Å². The van der Waals surface area contributed by atoms with Gasteiger partial charge in [-0.15, -0.1) is 0 Å². The number of urea groups is 2. The molecule has 3 aliphatic rings. The second-order valence-electron chi connectivity index (χ2n) is 11.0. The van der Waals surface area contributed by atoms with Gasteiger partial charge in [0.2, 0.25) is 0 Å². The summed E-state index contributed by atoms with van der Waals surface area (Å²) in [4.78, 5) is 45.0. The normalized spacial score (nSPS) is 19.4. The molecule has 9 heteroatoms. The van der Waals surface area contributed by atoms with Crippen LogP contribution in [0.5, 0.6) is 0 Å². The van der Waals surface area contributed by atoms with Gasteiger partial charge in [0.15, 0.2) is 0 Å². The second-order valence-corrected chi connectivity index (χ2v) is 11.0. The van der Waals surface area contributed by atoms with Gasteiger partial charge in [0.25, 0.3) is 5.91 Å². The standard InChI is InChI=1S/C28H44N6O3/c1-21(2)29-27(36)30-23-12-13-25(24(20-23)26(35)33-14-7-4-8-15-33)32-16-9-17-34(19-18-32)28(37)31-22-10-5-3-6-11-22/h12-13,20-22H,3-11,14-19H2,1-2H3,(H,31,37)(H2,29,30,36). The third-order valence-corrected chi connectivity index (χ3v) is 7.60. The number of hydrogen-bond acceptors (Lipinski definition) is 4. The van der Waals surface area contributed by atoms with Crippen LogP contribution in [0, 0.1) is 0 Å². The van der Waals surface area contributed by atoms with E-state index in [0.29, 0.717) is 36.9 Å². The number of carbonyl (C=O) groups is 3. The van der Waals surface area contributed by atoms with Gasteiger partial charge in [0, 0.05) is 62.7 Å². The van der Waals surface area contributed by atoms with Gasteiger partial charge in [-0.05, 0) is 70.6 Å². The van der Waals surface area contributed by atoms with Gasteiger partial charge in [0.05, 0.1) is 5.56 Å². The van der Waals surface area contributed by atoms with Crippen molar-refractivity contribution < 1.29 is 14.4 Å². The Morgan fingerprint density at radius 3 is 2.24 bits per heavy atom. The molecule has 9 nitrogen and oxygen atoms in total. The molecule has 1 saturated carbocycles. The number of carbonyl (C=O) groups excluding carboxylic acids is 3. The molecule has 2 saturated heterocycles. The zero-order chi connectivity index (χ0) is 26.2. The minimum Gasteiger partial charge on any atom is -0.369 e. The summed E-state index contributed by atoms with van der Waals surface area (Å²) >= 11 is 0. The monoisotopic (exact) mass is 512 g/mol. The molecule has 4 rings (SSSR count). The molecule has 2 heterocycles. The Kier molecular flexibility index (Phi) is 9.52. The third kappa shape index (κ3) is 7.52. The first kappa shape index (κ1) is 27.1. The van der Waals surface area contributed by atoms with Crippen molar-refractivity contribution in [2.24, 2.45) is 0 Å². The topological polar surface area (TPSA) is 97.0 Å². The molecule has 0 atom stereocenters. The van der Waals surface area contributed by atoms with Gasteiger partial charge in [-0.25, -0.2) is 9.59 Å². The Labute approximate surface area is 221 Å². The summed E-state index contributed by atoms with van der Waals surface area (Å²) in [6, 6.07) is 5.68. The fraction of sp³-hybridized carbons (Fsp3) is 0.679. The van der Waals surface area contributed by atoms with Gasteiger partial charge in [-0.3, -0.25) is 4.79 Å². The average molecular weight is 513 g/mol. The number of nitrogens with zero attached hydrogens (tertiary/aromatic N) is 3. The quantitative estimate of drug-likeness (QED) is 0.545. The Morgan fingerprint density at radius 2 is 1.51 bits per heavy atom. The molecular formula is C28H44N6O3. The van der Waals surface area contributed by atoms with Crippen LogP contribution in [0.25, 0.3) is 0 Å². The van der Waals surface area contributed by atoms with E-state index in [1.807, 2.05) is 41.8 Å². The molecule has 37 heavy (non-hydrogen) atoms. The third-order valence-electron chi connectivity index (χ3n) is 7.60. The molecule has 0 radical (unpaired) electrons. The summed E-state index contributed by atoms with van der Waals surface area (Å²) < 4.78 is 0. The van der Waals surface area contributed by atoms with E-state index in [1.165, 1.54) is 19.3 Å². The highest BCUT2D eigenvalue weighted by atomic mass is 16.2. The molecule has 0 spiro atoms. The number of benzene rings is 1. The highest BCUT2D eigenvalue weighted by Gasteiger charge is 2.27. The van der Waals surface area contributed by atoms with Gasteiger partial charge in [-0.2, -0.15) is 0 Å². The lowest BCUT2D eigenvalue weighted by Gasteiger charge is -2.31. The smallest absolute Gasteiger partial charge is 0.319 e. The van der Waals surface area contributed by atoms with E-state index >= 15 is 0 Å². The van der Waals surface area contributed by atoms with Crippen molar-refractivity contribution in [1.82, 2.24) is 20.4 Å². The number of nitrogens with one attached hydrogen (secondary N) is 3. The molecule has 0 aromatic heterocycles. The Hall–Kier alpha value is -2.97. The molecule has 3 fully saturated rings. The lowest BCUT2D eigenvalue weighted by atomic mass is 9.96. The first-order valence-electron chi connectivity index (χ1n) is 14.2. The predicted octanol–water partition coefficient (Wildman–Crippen LogP) is 4.40. The maximum Gasteiger partial charge on any atom is 0.319 e. The van der Waals surface area contributed by atoms with Crippen LogP contribution in [0.4, 0.5) is 21.0 Å². The Bertz CT molecular complexity index is 940. The van der Waals surface area contributed by atoms with Crippen LogP contribution in [-0.2, 0) is 0 Å². The minimum atomic E-state index is -0.284. The zero-order valence-corrected chi connectivity index (χ0v) is 22.6. The number of amides is 5. The van der Waals surface area contributed by atoms with Gasteiger partial charge in [-0.1, -0.05) is 19.3 Å². The molecular weight excluding hydrogens is 468 g/mol. The minimum absolute atomic E-state index is 0.0127. The maximum absolute atomic E-state index is 13.7. The van der Waals surface area contributed by atoms with Crippen LogP contribution in [-0.4, -0.2) is 79.1 Å². The van der Waals surface area contributed by atoms with E-state index in [-0.39, 0.29) is 24.0 Å². The van der Waals surface area contributed by atoms with Crippen LogP contribution >= 0.6 is 0 Å². The van der Waals surface area contributed by atoms with Crippen LogP contribution < -0.4 is 20.9 Å². The molecule has 5 amide bonds. The molecule has 2 aliphatic heterocycles. The maximum atomic E-state index is 13.7. The van der Waals surface area contributed by atoms with E-state index in [9.17, 15) is 14.4 Å². The molecule has 3 N–H and O–H groups in total. The lowest BCUT2D eigenvalue weighted by Crippen LogP contribution is -2.46. The molecule has 204 valence electrons. The van der Waals surface area contributed by atoms with Gasteiger partial charge < -0.3 is 30.7 Å². The molecule has 1 aromatic rings. The molecule has 1 aliphatic carbocycles. The number of likely N-dealkylation sites (tertiary alicyclic amines) is 1. The average Bonchev–Trinajstić information content (AvgIpc) is 3.15. The first-order chi connectivity index (χ1) is 17.9. The van der Waals surface area contributed by atoms with Crippen LogP contribution in [0.15, 0.2) is 18.2 Å². The Balaban J connectivity index is 1.48. The number of piperidine rings is 1. The van der Waals surface area contributed by atoms with E-state index in [4.69, 9.17) is 0 Å². The highest BCUT2D eigenvalue weighted by molar-refractivity contribution is 6.02. The summed E-state index contributed by atoms with van der Waals surface area (Å²) in [6.07, 6.45) is 9.82. The lowest BCUT2D eigenvalue weighted by molar-refractivity contribution is 0.0725. The van der Waals surface area contributed by atoms with Gasteiger partial charge >= 0.3 is 12.1 Å². The van der Waals surface area contributed by atoms with Crippen LogP contribution in [0.2, 0.25) is 0 Å². The fourth-order valence-corrected chi connectivity index (χ4v) is 5.63. The Morgan fingerprint density at radius 1 is 0.811 bits per heavy atom. The van der Waals surface area contributed by atoms with Crippen molar-refractivity contribution in [3.63, 3.8) is 0 Å². The summed E-state index contributed by atoms with van der Waals surface area (Å²) in [5.41, 5.74) is 2.09. The van der Waals surface area contributed by atoms with Crippen molar-refractivity contribution in [2.45, 2.75) is 83.7 Å². The summed E-state index contributed by atoms with van der Waals surface area (Å²) in [6.45, 7) is 8.11. The van der Waals surface area contributed by atoms with E-state index in [2.05, 4.69) is 20.9 Å². The molecule has 1 aromatic carbocycles. The zero-order valence-electron chi connectivity index (χ0n) is 22.6. The van der Waals surface area contributed by atoms with Crippen molar-refractivity contribution in [3.05, 3.63) is 23.8 Å². The summed E-state index contributed by atoms with van der Waals surface area (Å²) in [5.74, 6) is 0.0127. The van der Waals surface area contributed by atoms with E-state index < -0.39 is 0 Å². The first-order valence-corrected chi connectivity index (χ1v) is 14.2. The van der Waals surface area contributed by atoms with E-state index in [1.54, 1.807) is 0 Å². The second kappa shape index (κ2) is 13.0. The molecule has 0 unspecified atom stereocenters. The van der Waals surface area contributed by atoms with E-state index in [0.717, 1.165) is 63.8 Å². The number of rotatable bonds is 5. The molecule has 0 bridgehead atoms. The van der Waals surface area contributed by atoms with Gasteiger partial charge in [0.1, 0.15) is 0 Å². The van der Waals surface area contributed by atoms with Crippen molar-refractivity contribution >= 4 is 29.3 Å². The number of hydrogen-bond donors (Lipinski definition) is 3.